The van der Waals surface area contributed by atoms with Crippen LogP contribution in [0, 0.1) is 6.92 Å². The van der Waals surface area contributed by atoms with E-state index in [1.165, 1.54) is 0 Å². The second-order valence-corrected chi connectivity index (χ2v) is 6.24. The number of furan rings is 1. The van der Waals surface area contributed by atoms with E-state index in [4.69, 9.17) is 21.1 Å². The number of rotatable bonds is 4. The standard InChI is InChI=1S/C17H20ClNO3/c1-11-13-7-2-8-14(18)16(13)22-15(11)17(21)19-9-3-5-12(19)6-4-10-20/h2,7-8,12,20H,3-6,9-10H2,1H3. The molecule has 0 radical (unpaired) electrons. The third-order valence-corrected chi connectivity index (χ3v) is 4.74. The lowest BCUT2D eigenvalue weighted by molar-refractivity contribution is 0.0693. The number of fused-ring (bicyclic) bond motifs is 1. The Kier molecular flexibility index (Phi) is 4.41. The fraction of sp³-hybridized carbons (Fsp3) is 0.471. The molecule has 1 aliphatic rings. The molecule has 0 bridgehead atoms. The summed E-state index contributed by atoms with van der Waals surface area (Å²) in [6, 6.07) is 5.74. The van der Waals surface area contributed by atoms with Gasteiger partial charge in [0.2, 0.25) is 0 Å². The molecule has 4 nitrogen and oxygen atoms in total. The van der Waals surface area contributed by atoms with Crippen LogP contribution in [0.25, 0.3) is 11.0 Å². The monoisotopic (exact) mass is 321 g/mol. The molecule has 118 valence electrons. The van der Waals surface area contributed by atoms with Gasteiger partial charge in [0.05, 0.1) is 5.02 Å². The summed E-state index contributed by atoms with van der Waals surface area (Å²) in [6.07, 6.45) is 3.55. The van der Waals surface area contributed by atoms with E-state index in [1.54, 1.807) is 6.07 Å². The minimum absolute atomic E-state index is 0.0646. The van der Waals surface area contributed by atoms with Crippen molar-refractivity contribution in [1.29, 1.82) is 0 Å². The molecule has 2 aromatic rings. The van der Waals surface area contributed by atoms with Crippen molar-refractivity contribution in [2.24, 2.45) is 0 Å². The quantitative estimate of drug-likeness (QED) is 0.932. The van der Waals surface area contributed by atoms with Gasteiger partial charge in [0, 0.05) is 30.1 Å². The lowest BCUT2D eigenvalue weighted by Crippen LogP contribution is -2.35. The number of carbonyl (C=O) groups excluding carboxylic acids is 1. The van der Waals surface area contributed by atoms with Gasteiger partial charge in [-0.1, -0.05) is 23.7 Å². The number of para-hydroxylation sites is 1. The third kappa shape index (κ3) is 2.61. The fourth-order valence-electron chi connectivity index (χ4n) is 3.27. The van der Waals surface area contributed by atoms with E-state index in [0.717, 1.165) is 43.2 Å². The number of amides is 1. The van der Waals surface area contributed by atoms with Gasteiger partial charge >= 0.3 is 0 Å². The highest BCUT2D eigenvalue weighted by Crippen LogP contribution is 2.33. The molecule has 2 heterocycles. The first-order valence-corrected chi connectivity index (χ1v) is 8.10. The zero-order valence-corrected chi connectivity index (χ0v) is 13.4. The van der Waals surface area contributed by atoms with Crippen LogP contribution in [0.2, 0.25) is 5.02 Å². The molecule has 1 unspecified atom stereocenters. The first-order chi connectivity index (χ1) is 10.6. The van der Waals surface area contributed by atoms with Crippen LogP contribution in [-0.4, -0.2) is 35.1 Å². The highest BCUT2D eigenvalue weighted by molar-refractivity contribution is 6.35. The lowest BCUT2D eigenvalue weighted by Gasteiger charge is -2.23. The van der Waals surface area contributed by atoms with E-state index in [1.807, 2.05) is 24.0 Å². The Morgan fingerprint density at radius 3 is 3.05 bits per heavy atom. The van der Waals surface area contributed by atoms with Crippen LogP contribution in [0.4, 0.5) is 0 Å². The predicted octanol–water partition coefficient (Wildman–Crippen LogP) is 3.77. The van der Waals surface area contributed by atoms with Gasteiger partial charge < -0.3 is 14.4 Å². The third-order valence-electron chi connectivity index (χ3n) is 4.44. The summed E-state index contributed by atoms with van der Waals surface area (Å²) >= 11 is 6.16. The smallest absolute Gasteiger partial charge is 0.290 e. The molecule has 1 aromatic heterocycles. The van der Waals surface area contributed by atoms with Gasteiger partial charge in [-0.2, -0.15) is 0 Å². The maximum Gasteiger partial charge on any atom is 0.290 e. The average Bonchev–Trinajstić information content (AvgIpc) is 3.11. The van der Waals surface area contributed by atoms with Crippen molar-refractivity contribution in [3.8, 4) is 0 Å². The van der Waals surface area contributed by atoms with E-state index in [-0.39, 0.29) is 18.6 Å². The van der Waals surface area contributed by atoms with Crippen LogP contribution in [0.1, 0.15) is 41.8 Å². The van der Waals surface area contributed by atoms with E-state index >= 15 is 0 Å². The van der Waals surface area contributed by atoms with Crippen LogP contribution in [0.3, 0.4) is 0 Å². The Hall–Kier alpha value is -1.52. The number of halogens is 1. The van der Waals surface area contributed by atoms with Crippen molar-refractivity contribution in [2.75, 3.05) is 13.2 Å². The zero-order valence-electron chi connectivity index (χ0n) is 12.6. The summed E-state index contributed by atoms with van der Waals surface area (Å²) < 4.78 is 5.78. The largest absolute Gasteiger partial charge is 0.449 e. The number of benzene rings is 1. The Labute approximate surface area is 134 Å². The molecule has 1 fully saturated rings. The van der Waals surface area contributed by atoms with Gasteiger partial charge in [-0.25, -0.2) is 0 Å². The van der Waals surface area contributed by atoms with Crippen LogP contribution in [-0.2, 0) is 0 Å². The SMILES string of the molecule is Cc1c(C(=O)N2CCCC2CCCO)oc2c(Cl)cccc12. The second kappa shape index (κ2) is 6.31. The molecule has 0 aliphatic carbocycles. The van der Waals surface area contributed by atoms with Crippen LogP contribution in [0.15, 0.2) is 22.6 Å². The molecule has 0 saturated carbocycles. The molecular formula is C17H20ClNO3. The summed E-state index contributed by atoms with van der Waals surface area (Å²) in [7, 11) is 0. The van der Waals surface area contributed by atoms with Gasteiger partial charge in [0.1, 0.15) is 0 Å². The van der Waals surface area contributed by atoms with Gasteiger partial charge in [-0.05, 0) is 38.7 Å². The van der Waals surface area contributed by atoms with E-state index in [2.05, 4.69) is 0 Å². The van der Waals surface area contributed by atoms with Crippen LogP contribution >= 0.6 is 11.6 Å². The maximum atomic E-state index is 12.8. The van der Waals surface area contributed by atoms with E-state index in [0.29, 0.717) is 16.4 Å². The Morgan fingerprint density at radius 2 is 2.32 bits per heavy atom. The highest BCUT2D eigenvalue weighted by atomic mass is 35.5. The topological polar surface area (TPSA) is 53.7 Å². The summed E-state index contributed by atoms with van der Waals surface area (Å²) in [5.41, 5.74) is 1.42. The lowest BCUT2D eigenvalue weighted by atomic mass is 10.1. The normalized spacial score (nSPS) is 18.3. The fourth-order valence-corrected chi connectivity index (χ4v) is 3.49. The number of carbonyl (C=O) groups is 1. The minimum atomic E-state index is -0.0646. The molecule has 3 rings (SSSR count). The van der Waals surface area contributed by atoms with Crippen molar-refractivity contribution in [1.82, 2.24) is 4.90 Å². The number of likely N-dealkylation sites (tertiary alicyclic amines) is 1. The van der Waals surface area contributed by atoms with Crippen molar-refractivity contribution in [3.63, 3.8) is 0 Å². The van der Waals surface area contributed by atoms with Crippen LogP contribution < -0.4 is 0 Å². The second-order valence-electron chi connectivity index (χ2n) is 5.83. The van der Waals surface area contributed by atoms with Crippen LogP contribution in [0.5, 0.6) is 0 Å². The summed E-state index contributed by atoms with van der Waals surface area (Å²) in [6.45, 7) is 2.81. The number of aliphatic hydroxyl groups is 1. The number of hydrogen-bond acceptors (Lipinski definition) is 3. The Balaban J connectivity index is 1.92. The maximum absolute atomic E-state index is 12.8. The first kappa shape index (κ1) is 15.4. The molecule has 1 atom stereocenters. The molecule has 1 saturated heterocycles. The molecule has 1 amide bonds. The number of aryl methyl sites for hydroxylation is 1. The van der Waals surface area contributed by atoms with Crippen molar-refractivity contribution >= 4 is 28.5 Å². The molecule has 1 N–H and O–H groups in total. The molecule has 5 heteroatoms. The molecule has 1 aliphatic heterocycles. The highest BCUT2D eigenvalue weighted by Gasteiger charge is 2.32. The summed E-state index contributed by atoms with van der Waals surface area (Å²) in [5.74, 6) is 0.323. The number of nitrogens with zero attached hydrogens (tertiary/aromatic N) is 1. The van der Waals surface area contributed by atoms with Crippen molar-refractivity contribution in [2.45, 2.75) is 38.6 Å². The first-order valence-electron chi connectivity index (χ1n) is 7.73. The molecular weight excluding hydrogens is 302 g/mol. The predicted molar refractivity (Wildman–Crippen MR) is 86.3 cm³/mol. The molecule has 0 spiro atoms. The van der Waals surface area contributed by atoms with Gasteiger partial charge in [-0.3, -0.25) is 4.79 Å². The van der Waals surface area contributed by atoms with Gasteiger partial charge in [0.15, 0.2) is 11.3 Å². The van der Waals surface area contributed by atoms with Gasteiger partial charge in [-0.15, -0.1) is 0 Å². The Bertz CT molecular complexity index is 695. The van der Waals surface area contributed by atoms with Crippen molar-refractivity contribution < 1.29 is 14.3 Å². The summed E-state index contributed by atoms with van der Waals surface area (Å²) in [4.78, 5) is 14.7. The number of aliphatic hydroxyl groups excluding tert-OH is 1. The minimum Gasteiger partial charge on any atom is -0.449 e. The number of hydrogen-bond donors (Lipinski definition) is 1. The van der Waals surface area contributed by atoms with E-state index < -0.39 is 0 Å². The molecule has 22 heavy (non-hydrogen) atoms. The van der Waals surface area contributed by atoms with Gasteiger partial charge in [0.25, 0.3) is 5.91 Å². The Morgan fingerprint density at radius 1 is 1.50 bits per heavy atom. The average molecular weight is 322 g/mol. The van der Waals surface area contributed by atoms with Crippen molar-refractivity contribution in [3.05, 3.63) is 34.5 Å². The molecule has 1 aromatic carbocycles. The zero-order chi connectivity index (χ0) is 15.7. The summed E-state index contributed by atoms with van der Waals surface area (Å²) in [5, 5.41) is 10.4. The van der Waals surface area contributed by atoms with E-state index in [9.17, 15) is 4.79 Å².